The smallest absolute Gasteiger partial charge is 0.211 e. The Labute approximate surface area is 68.0 Å². The summed E-state index contributed by atoms with van der Waals surface area (Å²) >= 11 is 0. The minimum Gasteiger partial charge on any atom is -0.329 e. The average Bonchev–Trinajstić information content (AvgIpc) is 2.03. The first-order chi connectivity index (χ1) is 5.24. The van der Waals surface area contributed by atoms with Gasteiger partial charge in [-0.2, -0.15) is 0 Å². The zero-order valence-electron chi connectivity index (χ0n) is 7.35. The van der Waals surface area contributed by atoms with Crippen LogP contribution in [0.1, 0.15) is 27.2 Å². The van der Waals surface area contributed by atoms with Gasteiger partial charge >= 0.3 is 0 Å². The lowest BCUT2D eigenvalue weighted by Gasteiger charge is -1.99. The lowest BCUT2D eigenvalue weighted by atomic mass is 10.2. The summed E-state index contributed by atoms with van der Waals surface area (Å²) < 4.78 is 0. The van der Waals surface area contributed by atoms with Crippen molar-refractivity contribution in [2.45, 2.75) is 27.2 Å². The predicted octanol–water partition coefficient (Wildman–Crippen LogP) is 1.99. The van der Waals surface area contributed by atoms with E-state index in [1.807, 2.05) is 26.0 Å². The van der Waals surface area contributed by atoms with Crippen LogP contribution in [0.3, 0.4) is 0 Å². The van der Waals surface area contributed by atoms with Gasteiger partial charge in [0.25, 0.3) is 0 Å². The van der Waals surface area contributed by atoms with Gasteiger partial charge in [-0.15, -0.1) is 0 Å². The highest BCUT2D eigenvalue weighted by atomic mass is 16.1. The Morgan fingerprint density at radius 1 is 1.55 bits per heavy atom. The number of allylic oxidation sites excluding steroid dienone is 3. The van der Waals surface area contributed by atoms with Crippen molar-refractivity contribution < 1.29 is 4.79 Å². The maximum atomic E-state index is 10.1. The molecule has 0 saturated carbocycles. The van der Waals surface area contributed by atoms with Gasteiger partial charge in [0.2, 0.25) is 6.41 Å². The first-order valence-corrected chi connectivity index (χ1v) is 3.78. The van der Waals surface area contributed by atoms with Crippen molar-refractivity contribution in [3.8, 4) is 0 Å². The molecule has 62 valence electrons. The van der Waals surface area contributed by atoms with E-state index in [-0.39, 0.29) is 0 Å². The molecule has 0 spiro atoms. The van der Waals surface area contributed by atoms with Crippen LogP contribution in [0.5, 0.6) is 0 Å². The highest BCUT2D eigenvalue weighted by Gasteiger charge is 1.88. The van der Waals surface area contributed by atoms with Crippen molar-refractivity contribution in [2.75, 3.05) is 0 Å². The molecule has 0 aliphatic carbocycles. The van der Waals surface area contributed by atoms with E-state index >= 15 is 0 Å². The second-order valence-corrected chi connectivity index (χ2v) is 2.35. The molecule has 1 N–H and O–H groups in total. The molecule has 0 aromatic heterocycles. The van der Waals surface area contributed by atoms with Crippen LogP contribution in [0.4, 0.5) is 0 Å². The van der Waals surface area contributed by atoms with Crippen molar-refractivity contribution in [3.05, 3.63) is 23.4 Å². The first kappa shape index (κ1) is 9.95. The first-order valence-electron chi connectivity index (χ1n) is 3.78. The Hall–Kier alpha value is -1.05. The van der Waals surface area contributed by atoms with E-state index in [0.29, 0.717) is 6.41 Å². The van der Waals surface area contributed by atoms with E-state index in [0.717, 1.165) is 12.1 Å². The van der Waals surface area contributed by atoms with Gasteiger partial charge in [0.1, 0.15) is 0 Å². The fraction of sp³-hybridized carbons (Fsp3) is 0.444. The van der Waals surface area contributed by atoms with E-state index in [4.69, 9.17) is 0 Å². The van der Waals surface area contributed by atoms with Crippen LogP contribution in [0.25, 0.3) is 0 Å². The number of rotatable bonds is 4. The van der Waals surface area contributed by atoms with Crippen LogP contribution < -0.4 is 5.32 Å². The van der Waals surface area contributed by atoms with Crippen molar-refractivity contribution in [1.82, 2.24) is 5.32 Å². The lowest BCUT2D eigenvalue weighted by Crippen LogP contribution is -2.07. The number of nitrogens with one attached hydrogen (secondary N) is 1. The molecule has 0 radical (unpaired) electrons. The largest absolute Gasteiger partial charge is 0.329 e. The Morgan fingerprint density at radius 3 is 2.55 bits per heavy atom. The Morgan fingerprint density at radius 2 is 2.18 bits per heavy atom. The second kappa shape index (κ2) is 5.71. The quantitative estimate of drug-likeness (QED) is 0.485. The van der Waals surface area contributed by atoms with E-state index in [1.54, 1.807) is 0 Å². The molecule has 11 heavy (non-hydrogen) atoms. The molecule has 2 heteroatoms. The molecule has 0 aliphatic heterocycles. The Balaban J connectivity index is 4.18. The summed E-state index contributed by atoms with van der Waals surface area (Å²) in [6, 6.07) is 0. The van der Waals surface area contributed by atoms with Crippen LogP contribution in [0.2, 0.25) is 0 Å². The van der Waals surface area contributed by atoms with Crippen LogP contribution in [0.15, 0.2) is 23.4 Å². The van der Waals surface area contributed by atoms with Gasteiger partial charge in [-0.25, -0.2) is 0 Å². The maximum absolute atomic E-state index is 10.1. The summed E-state index contributed by atoms with van der Waals surface area (Å²) in [5.41, 5.74) is 2.12. The minimum absolute atomic E-state index is 0.689. The van der Waals surface area contributed by atoms with Crippen molar-refractivity contribution in [1.29, 1.82) is 0 Å². The van der Waals surface area contributed by atoms with Crippen LogP contribution in [-0.4, -0.2) is 6.41 Å². The fourth-order valence-corrected chi connectivity index (χ4v) is 0.644. The molecule has 0 atom stereocenters. The van der Waals surface area contributed by atoms with Gasteiger partial charge in [0.15, 0.2) is 0 Å². The molecule has 1 amide bonds. The highest BCUT2D eigenvalue weighted by molar-refractivity contribution is 5.51. The fourth-order valence-electron chi connectivity index (χ4n) is 0.644. The molecule has 0 saturated heterocycles. The van der Waals surface area contributed by atoms with Gasteiger partial charge in [0, 0.05) is 5.70 Å². The topological polar surface area (TPSA) is 29.1 Å². The molecule has 0 unspecified atom stereocenters. The number of hydrogen-bond acceptors (Lipinski definition) is 1. The zero-order chi connectivity index (χ0) is 8.69. The SMILES string of the molecule is C/C=C(\C=C(\C)CC)NC=O. The number of carbonyl (C=O) groups is 1. The third-order valence-corrected chi connectivity index (χ3v) is 1.50. The number of amides is 1. The maximum Gasteiger partial charge on any atom is 0.211 e. The normalized spacial score (nSPS) is 13.0. The van der Waals surface area contributed by atoms with Crippen LogP contribution in [0, 0.1) is 0 Å². The lowest BCUT2D eigenvalue weighted by molar-refractivity contribution is -0.108. The third-order valence-electron chi connectivity index (χ3n) is 1.50. The van der Waals surface area contributed by atoms with Crippen LogP contribution in [-0.2, 0) is 4.79 Å². The molecule has 0 aliphatic rings. The summed E-state index contributed by atoms with van der Waals surface area (Å²) in [5, 5.41) is 2.60. The van der Waals surface area contributed by atoms with E-state index < -0.39 is 0 Å². The molecular formula is C9H15NO. The minimum atomic E-state index is 0.689. The number of carbonyl (C=O) groups excluding carboxylic acids is 1. The molecule has 0 bridgehead atoms. The molecule has 0 aromatic carbocycles. The van der Waals surface area contributed by atoms with Gasteiger partial charge in [-0.1, -0.05) is 18.6 Å². The molecule has 0 heterocycles. The van der Waals surface area contributed by atoms with Crippen molar-refractivity contribution >= 4 is 6.41 Å². The molecule has 0 fully saturated rings. The predicted molar refractivity (Wildman–Crippen MR) is 47.0 cm³/mol. The van der Waals surface area contributed by atoms with Gasteiger partial charge in [-0.3, -0.25) is 4.79 Å². The van der Waals surface area contributed by atoms with Crippen molar-refractivity contribution in [3.63, 3.8) is 0 Å². The van der Waals surface area contributed by atoms with Gasteiger partial charge in [-0.05, 0) is 26.3 Å². The third kappa shape index (κ3) is 4.37. The zero-order valence-corrected chi connectivity index (χ0v) is 7.35. The molecule has 0 aromatic rings. The molecule has 0 rings (SSSR count). The van der Waals surface area contributed by atoms with E-state index in [9.17, 15) is 4.79 Å². The Kier molecular flexibility index (Phi) is 5.17. The monoisotopic (exact) mass is 153 g/mol. The van der Waals surface area contributed by atoms with Crippen LogP contribution >= 0.6 is 0 Å². The van der Waals surface area contributed by atoms with Crippen molar-refractivity contribution in [2.24, 2.45) is 0 Å². The summed E-state index contributed by atoms with van der Waals surface area (Å²) in [6.07, 6.45) is 5.54. The van der Waals surface area contributed by atoms with E-state index in [2.05, 4.69) is 12.2 Å². The Bertz CT molecular complexity index is 180. The summed E-state index contributed by atoms with van der Waals surface area (Å²) in [5.74, 6) is 0. The highest BCUT2D eigenvalue weighted by Crippen LogP contribution is 2.02. The summed E-state index contributed by atoms with van der Waals surface area (Å²) in [4.78, 5) is 10.1. The number of hydrogen-bond donors (Lipinski definition) is 1. The average molecular weight is 153 g/mol. The summed E-state index contributed by atoms with van der Waals surface area (Å²) in [7, 11) is 0. The van der Waals surface area contributed by atoms with E-state index in [1.165, 1.54) is 5.57 Å². The molecule has 2 nitrogen and oxygen atoms in total. The van der Waals surface area contributed by atoms with Gasteiger partial charge < -0.3 is 5.32 Å². The molecular weight excluding hydrogens is 138 g/mol. The van der Waals surface area contributed by atoms with Gasteiger partial charge in [0.05, 0.1) is 0 Å². The standard InChI is InChI=1S/C9H15NO/c1-4-8(3)6-9(5-2)10-7-11/h5-7H,4H2,1-3H3,(H,10,11)/b8-6-,9-5+. The summed E-state index contributed by atoms with van der Waals surface area (Å²) in [6.45, 7) is 6.02. The second-order valence-electron chi connectivity index (χ2n) is 2.35.